The first-order valence-electron chi connectivity index (χ1n) is 9.42. The topological polar surface area (TPSA) is 45.0 Å². The van der Waals surface area contributed by atoms with E-state index in [9.17, 15) is 0 Å². The van der Waals surface area contributed by atoms with Gasteiger partial charge in [-0.15, -0.1) is 0 Å². The summed E-state index contributed by atoms with van der Waals surface area (Å²) >= 11 is 0. The van der Waals surface area contributed by atoms with Crippen LogP contribution in [0.3, 0.4) is 0 Å². The summed E-state index contributed by atoms with van der Waals surface area (Å²) in [5, 5.41) is 2.61. The molecule has 0 fully saturated rings. The molecule has 5 rings (SSSR count). The second-order valence-corrected chi connectivity index (χ2v) is 7.60. The number of aromatic nitrogens is 1. The Morgan fingerprint density at radius 1 is 0.926 bits per heavy atom. The molecule has 1 aromatic heterocycles. The average Bonchev–Trinajstić information content (AvgIpc) is 3.13. The fourth-order valence-corrected chi connectivity index (χ4v) is 4.31. The van der Waals surface area contributed by atoms with Crippen LogP contribution in [0.1, 0.15) is 22.6 Å². The molecule has 0 spiro atoms. The van der Waals surface area contributed by atoms with Crippen molar-refractivity contribution < 1.29 is 0 Å². The molecule has 1 aliphatic rings. The molecule has 0 bridgehead atoms. The Balaban J connectivity index is 1.59. The van der Waals surface area contributed by atoms with Gasteiger partial charge in [0.25, 0.3) is 0 Å². The zero-order chi connectivity index (χ0) is 18.4. The predicted molar refractivity (Wildman–Crippen MR) is 113 cm³/mol. The lowest BCUT2D eigenvalue weighted by Crippen LogP contribution is -2.31. The molecule has 4 aromatic rings. The second kappa shape index (κ2) is 6.29. The van der Waals surface area contributed by atoms with Crippen LogP contribution in [-0.2, 0) is 6.54 Å². The average molecular weight is 353 g/mol. The normalized spacial score (nSPS) is 17.1. The Morgan fingerprint density at radius 2 is 1.78 bits per heavy atom. The molecule has 3 aromatic carbocycles. The smallest absolute Gasteiger partial charge is 0.101 e. The molecule has 3 N–H and O–H groups in total. The highest BCUT2D eigenvalue weighted by Crippen LogP contribution is 2.36. The number of likely N-dealkylation sites (N-methyl/N-ethyl adjacent to an activating group) is 1. The Kier molecular flexibility index (Phi) is 3.76. The van der Waals surface area contributed by atoms with Gasteiger partial charge in [0, 0.05) is 24.7 Å². The maximum Gasteiger partial charge on any atom is 0.101 e. The lowest BCUT2D eigenvalue weighted by molar-refractivity contribution is 0.295. The highest BCUT2D eigenvalue weighted by Gasteiger charge is 2.25. The summed E-state index contributed by atoms with van der Waals surface area (Å²) in [4.78, 5) is 5.65. The van der Waals surface area contributed by atoms with Gasteiger partial charge in [-0.25, -0.2) is 0 Å². The van der Waals surface area contributed by atoms with Crippen LogP contribution in [0.25, 0.3) is 22.0 Å². The fourth-order valence-electron chi connectivity index (χ4n) is 4.31. The van der Waals surface area contributed by atoms with Crippen LogP contribution in [0.4, 0.5) is 5.82 Å². The third-order valence-corrected chi connectivity index (χ3v) is 5.65. The number of fused-ring (bicyclic) bond motifs is 2. The van der Waals surface area contributed by atoms with E-state index in [1.165, 1.54) is 33.0 Å². The van der Waals surface area contributed by atoms with Crippen LogP contribution in [0.2, 0.25) is 0 Å². The standard InChI is InChI=1S/C24H23N3/c1-27-14-20-13-19(23-10-11-24(25)26-23)8-9-21(20)22(15-27)18-7-6-16-4-2-3-5-17(16)12-18/h2-13,22,26H,14-15,25H2,1H3. The van der Waals surface area contributed by atoms with Crippen LogP contribution >= 0.6 is 0 Å². The third kappa shape index (κ3) is 2.90. The number of hydrogen-bond acceptors (Lipinski definition) is 2. The first-order valence-corrected chi connectivity index (χ1v) is 9.42. The highest BCUT2D eigenvalue weighted by molar-refractivity contribution is 5.83. The number of rotatable bonds is 2. The number of anilines is 1. The number of nitrogen functional groups attached to an aromatic ring is 1. The van der Waals surface area contributed by atoms with E-state index in [1.807, 2.05) is 12.1 Å². The van der Waals surface area contributed by atoms with Crippen molar-refractivity contribution in [2.75, 3.05) is 19.3 Å². The van der Waals surface area contributed by atoms with Crippen molar-refractivity contribution in [3.05, 3.63) is 89.5 Å². The van der Waals surface area contributed by atoms with E-state index < -0.39 is 0 Å². The van der Waals surface area contributed by atoms with E-state index in [1.54, 1.807) is 0 Å². The molecule has 0 aliphatic carbocycles. The summed E-state index contributed by atoms with van der Waals surface area (Å²) < 4.78 is 0. The van der Waals surface area contributed by atoms with Gasteiger partial charge in [0.1, 0.15) is 5.82 Å². The maximum absolute atomic E-state index is 5.86. The summed E-state index contributed by atoms with van der Waals surface area (Å²) in [7, 11) is 2.20. The molecule has 1 unspecified atom stereocenters. The Morgan fingerprint density at radius 3 is 2.59 bits per heavy atom. The molecular weight excluding hydrogens is 330 g/mol. The van der Waals surface area contributed by atoms with Crippen molar-refractivity contribution in [3.8, 4) is 11.3 Å². The molecule has 0 amide bonds. The van der Waals surface area contributed by atoms with Crippen LogP contribution in [0.15, 0.2) is 72.8 Å². The Bertz CT molecular complexity index is 1130. The lowest BCUT2D eigenvalue weighted by Gasteiger charge is -2.33. The molecule has 134 valence electrons. The van der Waals surface area contributed by atoms with Crippen LogP contribution in [0.5, 0.6) is 0 Å². The van der Waals surface area contributed by atoms with Crippen molar-refractivity contribution in [2.45, 2.75) is 12.5 Å². The van der Waals surface area contributed by atoms with Gasteiger partial charge < -0.3 is 15.6 Å². The minimum Gasteiger partial charge on any atom is -0.385 e. The largest absolute Gasteiger partial charge is 0.385 e. The monoisotopic (exact) mass is 353 g/mol. The SMILES string of the molecule is CN1Cc2cc(-c3ccc(N)[nH]3)ccc2C(c2ccc3ccccc3c2)C1. The van der Waals surface area contributed by atoms with Crippen LogP contribution < -0.4 is 5.73 Å². The summed E-state index contributed by atoms with van der Waals surface area (Å²) in [6.45, 7) is 2.02. The van der Waals surface area contributed by atoms with Crippen molar-refractivity contribution in [1.29, 1.82) is 0 Å². The predicted octanol–water partition coefficient (Wildman–Crippen LogP) is 4.99. The molecule has 0 radical (unpaired) electrons. The van der Waals surface area contributed by atoms with Gasteiger partial charge in [-0.05, 0) is 58.3 Å². The van der Waals surface area contributed by atoms with Crippen molar-refractivity contribution in [1.82, 2.24) is 9.88 Å². The Hall–Kier alpha value is -3.04. The zero-order valence-corrected chi connectivity index (χ0v) is 15.4. The van der Waals surface area contributed by atoms with E-state index in [0.717, 1.165) is 18.8 Å². The van der Waals surface area contributed by atoms with Crippen LogP contribution in [0, 0.1) is 0 Å². The van der Waals surface area contributed by atoms with Crippen molar-refractivity contribution in [3.63, 3.8) is 0 Å². The van der Waals surface area contributed by atoms with Gasteiger partial charge in [-0.3, -0.25) is 0 Å². The summed E-state index contributed by atoms with van der Waals surface area (Å²) in [6, 6.07) is 26.3. The maximum atomic E-state index is 5.86. The first-order chi connectivity index (χ1) is 13.2. The number of H-pyrrole nitrogens is 1. The minimum atomic E-state index is 0.395. The van der Waals surface area contributed by atoms with Crippen LogP contribution in [-0.4, -0.2) is 23.5 Å². The molecular formula is C24H23N3. The first kappa shape index (κ1) is 16.2. The number of aromatic amines is 1. The molecule has 2 heterocycles. The lowest BCUT2D eigenvalue weighted by atomic mass is 9.83. The summed E-state index contributed by atoms with van der Waals surface area (Å²) in [6.07, 6.45) is 0. The van der Waals surface area contributed by atoms with Gasteiger partial charge in [-0.1, -0.05) is 54.6 Å². The van der Waals surface area contributed by atoms with E-state index in [0.29, 0.717) is 11.7 Å². The van der Waals surface area contributed by atoms with Crippen molar-refractivity contribution >= 4 is 16.6 Å². The zero-order valence-electron chi connectivity index (χ0n) is 15.4. The molecule has 3 nitrogen and oxygen atoms in total. The van der Waals surface area contributed by atoms with Gasteiger partial charge >= 0.3 is 0 Å². The molecule has 0 saturated heterocycles. The minimum absolute atomic E-state index is 0.395. The van der Waals surface area contributed by atoms with Gasteiger partial charge in [0.05, 0.1) is 0 Å². The molecule has 1 aliphatic heterocycles. The van der Waals surface area contributed by atoms with Gasteiger partial charge in [0.2, 0.25) is 0 Å². The quantitative estimate of drug-likeness (QED) is 0.533. The summed E-state index contributed by atoms with van der Waals surface area (Å²) in [5.74, 6) is 1.10. The number of nitrogens with one attached hydrogen (secondary N) is 1. The number of benzene rings is 3. The molecule has 3 heteroatoms. The fraction of sp³-hybridized carbons (Fsp3) is 0.167. The summed E-state index contributed by atoms with van der Waals surface area (Å²) in [5.41, 5.74) is 12.3. The molecule has 1 atom stereocenters. The van der Waals surface area contributed by atoms with E-state index in [-0.39, 0.29) is 0 Å². The van der Waals surface area contributed by atoms with Crippen molar-refractivity contribution in [2.24, 2.45) is 0 Å². The molecule has 0 saturated carbocycles. The number of hydrogen-bond donors (Lipinski definition) is 2. The van der Waals surface area contributed by atoms with E-state index in [2.05, 4.69) is 77.6 Å². The third-order valence-electron chi connectivity index (χ3n) is 5.65. The van der Waals surface area contributed by atoms with Gasteiger partial charge in [-0.2, -0.15) is 0 Å². The van der Waals surface area contributed by atoms with E-state index >= 15 is 0 Å². The highest BCUT2D eigenvalue weighted by atomic mass is 15.1. The number of nitrogens with zero attached hydrogens (tertiary/aromatic N) is 1. The van der Waals surface area contributed by atoms with E-state index in [4.69, 9.17) is 5.73 Å². The Labute approximate surface area is 159 Å². The molecule has 27 heavy (non-hydrogen) atoms. The second-order valence-electron chi connectivity index (χ2n) is 7.60. The van der Waals surface area contributed by atoms with Gasteiger partial charge in [0.15, 0.2) is 0 Å². The number of nitrogens with two attached hydrogens (primary N) is 1.